The number of rotatable bonds is 10. The molecule has 4 rings (SSSR count). The highest BCUT2D eigenvalue weighted by Crippen LogP contribution is 2.40. The number of carbonyl (C=O) groups is 2. The molecule has 1 fully saturated rings. The lowest BCUT2D eigenvalue weighted by atomic mass is 9.74. The van der Waals surface area contributed by atoms with Crippen LogP contribution in [0.4, 0.5) is 5.13 Å². The van der Waals surface area contributed by atoms with Crippen molar-refractivity contribution in [2.24, 2.45) is 11.1 Å². The first kappa shape index (κ1) is 28.7. The molecule has 2 aromatic heterocycles. The maximum atomic E-state index is 13.4. The van der Waals surface area contributed by atoms with E-state index in [4.69, 9.17) is 15.1 Å². The van der Waals surface area contributed by atoms with Crippen molar-refractivity contribution in [2.45, 2.75) is 31.9 Å². The number of hydrogen-bond donors (Lipinski definition) is 4. The van der Waals surface area contributed by atoms with Gasteiger partial charge in [-0.15, -0.1) is 15.6 Å². The quantitative estimate of drug-likeness (QED) is 0.0857. The molecule has 5 N–H and O–H groups in total. The summed E-state index contributed by atoms with van der Waals surface area (Å²) in [7, 11) is -4.98. The molecule has 3 aromatic rings. The SMILES string of the molecule is CC1(C)[C@H](CC(=O)/C(=N\OC(c2ccccc2)c2cc(=O)c(O)cn2O)c2csc(N)n2)C(=O)N1OS(=O)(=O)O. The van der Waals surface area contributed by atoms with Crippen LogP contribution in [-0.2, 0) is 29.1 Å². The minimum absolute atomic E-state index is 0.0158. The summed E-state index contributed by atoms with van der Waals surface area (Å²) in [6.45, 7) is 2.87. The van der Waals surface area contributed by atoms with E-state index in [1.165, 1.54) is 19.2 Å². The molecule has 1 aliphatic heterocycles. The van der Waals surface area contributed by atoms with Crippen molar-refractivity contribution >= 4 is 44.3 Å². The van der Waals surface area contributed by atoms with Crippen molar-refractivity contribution in [3.8, 4) is 5.75 Å². The Morgan fingerprint density at radius 2 is 1.95 bits per heavy atom. The number of anilines is 1. The number of benzene rings is 1. The number of nitrogen functional groups attached to an aromatic ring is 1. The van der Waals surface area contributed by atoms with Crippen LogP contribution in [0.2, 0.25) is 0 Å². The maximum Gasteiger partial charge on any atom is 0.418 e. The second-order valence-corrected chi connectivity index (χ2v) is 11.1. The number of thiazole rings is 1. The first-order valence-electron chi connectivity index (χ1n) is 11.4. The Hall–Kier alpha value is -4.32. The van der Waals surface area contributed by atoms with Crippen LogP contribution >= 0.6 is 11.3 Å². The van der Waals surface area contributed by atoms with E-state index < -0.39 is 57.2 Å². The van der Waals surface area contributed by atoms with Crippen LogP contribution in [-0.4, -0.2) is 61.0 Å². The molecule has 0 aliphatic carbocycles. The van der Waals surface area contributed by atoms with Gasteiger partial charge < -0.3 is 20.9 Å². The van der Waals surface area contributed by atoms with Gasteiger partial charge in [-0.3, -0.25) is 18.9 Å². The van der Waals surface area contributed by atoms with E-state index in [0.29, 0.717) is 15.4 Å². The number of ketones is 1. The van der Waals surface area contributed by atoms with E-state index >= 15 is 0 Å². The standard InChI is InChI=1S/C23H23N5O10S2/c1-23(2)13(21(32)28(23)38-40(34,35)36)8-17(30)19(14-11-39-22(24)25-14)26-37-20(12-6-4-3-5-7-12)15-9-16(29)18(31)10-27(15)33/h3-7,9-11,13,20,31,33H,8H2,1-2H3,(H2,24,25)(H,34,35,36)/b26-19-/t13-,20?/m1/s1. The Bertz CT molecular complexity index is 1650. The van der Waals surface area contributed by atoms with Crippen molar-refractivity contribution in [1.82, 2.24) is 14.8 Å². The Kier molecular flexibility index (Phi) is 7.66. The highest BCUT2D eigenvalue weighted by Gasteiger charge is 2.57. The minimum atomic E-state index is -4.98. The molecule has 15 nitrogen and oxygen atoms in total. The molecular weight excluding hydrogens is 570 g/mol. The lowest BCUT2D eigenvalue weighted by molar-refractivity contribution is -0.228. The van der Waals surface area contributed by atoms with Crippen molar-refractivity contribution in [3.05, 3.63) is 75.1 Å². The average Bonchev–Trinajstić information content (AvgIpc) is 3.31. The first-order valence-corrected chi connectivity index (χ1v) is 13.6. The number of hydrogen-bond acceptors (Lipinski definition) is 13. The number of aromatic hydroxyl groups is 1. The van der Waals surface area contributed by atoms with Gasteiger partial charge in [0, 0.05) is 23.4 Å². The zero-order chi connectivity index (χ0) is 29.4. The molecule has 2 atom stereocenters. The first-order chi connectivity index (χ1) is 18.7. The summed E-state index contributed by atoms with van der Waals surface area (Å²) in [5.41, 5.74) is 3.57. The van der Waals surface area contributed by atoms with Gasteiger partial charge in [0.15, 0.2) is 28.5 Å². The largest absolute Gasteiger partial charge is 0.503 e. The number of Topliss-reactive ketones (excluding diaryl/α,β-unsaturated/α-hetero) is 1. The second kappa shape index (κ2) is 10.7. The van der Waals surface area contributed by atoms with E-state index in [9.17, 15) is 33.1 Å². The Labute approximate surface area is 230 Å². The van der Waals surface area contributed by atoms with Crippen molar-refractivity contribution < 1.29 is 42.0 Å². The van der Waals surface area contributed by atoms with Crippen molar-refractivity contribution in [2.75, 3.05) is 5.73 Å². The van der Waals surface area contributed by atoms with Crippen molar-refractivity contribution in [1.29, 1.82) is 0 Å². The highest BCUT2D eigenvalue weighted by molar-refractivity contribution is 7.80. The van der Waals surface area contributed by atoms with Gasteiger partial charge in [-0.25, -0.2) is 4.98 Å². The molecule has 3 heterocycles. The average molecular weight is 594 g/mol. The molecule has 1 unspecified atom stereocenters. The van der Waals surface area contributed by atoms with Gasteiger partial charge in [0.2, 0.25) is 5.43 Å². The molecule has 212 valence electrons. The third-order valence-corrected chi connectivity index (χ3v) is 7.13. The summed E-state index contributed by atoms with van der Waals surface area (Å²) >= 11 is 1.00. The van der Waals surface area contributed by atoms with E-state index in [-0.39, 0.29) is 22.2 Å². The van der Waals surface area contributed by atoms with Gasteiger partial charge in [0.05, 0.1) is 17.7 Å². The van der Waals surface area contributed by atoms with Gasteiger partial charge >= 0.3 is 10.4 Å². The summed E-state index contributed by atoms with van der Waals surface area (Å²) in [4.78, 5) is 47.9. The van der Waals surface area contributed by atoms with Crippen LogP contribution in [0.5, 0.6) is 5.75 Å². The summed E-state index contributed by atoms with van der Waals surface area (Å²) < 4.78 is 36.0. The predicted octanol–water partition coefficient (Wildman–Crippen LogP) is 1.27. The summed E-state index contributed by atoms with van der Waals surface area (Å²) in [6.07, 6.45) is -0.950. The normalized spacial score (nSPS) is 17.8. The molecule has 0 bridgehead atoms. The molecule has 0 spiro atoms. The zero-order valence-electron chi connectivity index (χ0n) is 20.9. The molecule has 1 saturated heterocycles. The number of pyridine rings is 1. The summed E-state index contributed by atoms with van der Waals surface area (Å²) in [5, 5.41) is 26.0. The second-order valence-electron chi connectivity index (χ2n) is 9.17. The van der Waals surface area contributed by atoms with Crippen LogP contribution in [0.1, 0.15) is 43.3 Å². The molecule has 1 aromatic carbocycles. The van der Waals surface area contributed by atoms with E-state index in [2.05, 4.69) is 14.4 Å². The lowest BCUT2D eigenvalue weighted by Crippen LogP contribution is -2.68. The minimum Gasteiger partial charge on any atom is -0.503 e. The monoisotopic (exact) mass is 593 g/mol. The van der Waals surface area contributed by atoms with Gasteiger partial charge in [-0.1, -0.05) is 35.5 Å². The number of oxime groups is 1. The Morgan fingerprint density at radius 1 is 1.27 bits per heavy atom. The fourth-order valence-electron chi connectivity index (χ4n) is 4.03. The fraction of sp³-hybridized carbons (Fsp3) is 0.261. The smallest absolute Gasteiger partial charge is 0.418 e. The van der Waals surface area contributed by atoms with Gasteiger partial charge in [0.1, 0.15) is 11.4 Å². The summed E-state index contributed by atoms with van der Waals surface area (Å²) in [5.74, 6) is -3.38. The fourth-order valence-corrected chi connectivity index (χ4v) is 5.03. The summed E-state index contributed by atoms with van der Waals surface area (Å²) in [6, 6.07) is 9.19. The highest BCUT2D eigenvalue weighted by atomic mass is 32.3. The molecule has 1 aliphatic rings. The number of aromatic nitrogens is 2. The molecule has 40 heavy (non-hydrogen) atoms. The predicted molar refractivity (Wildman–Crippen MR) is 139 cm³/mol. The van der Waals surface area contributed by atoms with Gasteiger partial charge in [0.25, 0.3) is 5.91 Å². The third-order valence-electron chi connectivity index (χ3n) is 6.12. The van der Waals surface area contributed by atoms with Crippen LogP contribution in [0, 0.1) is 5.92 Å². The van der Waals surface area contributed by atoms with E-state index in [1.54, 1.807) is 30.3 Å². The number of nitrogens with two attached hydrogens (primary N) is 1. The Balaban J connectivity index is 1.69. The lowest BCUT2D eigenvalue weighted by Gasteiger charge is -2.50. The molecule has 17 heteroatoms. The number of hydroxylamine groups is 2. The number of nitrogens with zero attached hydrogens (tertiary/aromatic N) is 4. The van der Waals surface area contributed by atoms with Gasteiger partial charge in [-0.05, 0) is 13.8 Å². The topological polar surface area (TPSA) is 224 Å². The van der Waals surface area contributed by atoms with Crippen LogP contribution < -0.4 is 11.2 Å². The number of carbonyl (C=O) groups excluding carboxylic acids is 2. The van der Waals surface area contributed by atoms with Crippen LogP contribution in [0.25, 0.3) is 0 Å². The Morgan fingerprint density at radius 3 is 2.52 bits per heavy atom. The van der Waals surface area contributed by atoms with E-state index in [0.717, 1.165) is 23.6 Å². The number of amides is 1. The molecule has 0 radical (unpaired) electrons. The third kappa shape index (κ3) is 5.81. The zero-order valence-corrected chi connectivity index (χ0v) is 22.5. The van der Waals surface area contributed by atoms with E-state index in [1.807, 2.05) is 0 Å². The van der Waals surface area contributed by atoms with Crippen molar-refractivity contribution in [3.63, 3.8) is 0 Å². The van der Waals surface area contributed by atoms with Gasteiger partial charge in [-0.2, -0.15) is 18.2 Å². The molecular formula is C23H23N5O10S2. The number of β-lactam (4-membered cyclic amide) rings is 1. The molecule has 0 saturated carbocycles. The van der Waals surface area contributed by atoms with Crippen LogP contribution in [0.15, 0.2) is 57.9 Å². The maximum absolute atomic E-state index is 13.4. The molecule has 1 amide bonds. The van der Waals surface area contributed by atoms with Crippen LogP contribution in [0.3, 0.4) is 0 Å².